The van der Waals surface area contributed by atoms with E-state index >= 15 is 0 Å². The van der Waals surface area contributed by atoms with E-state index in [0.29, 0.717) is 19.2 Å². The normalized spacial score (nSPS) is 17.7. The van der Waals surface area contributed by atoms with E-state index in [2.05, 4.69) is 37.8 Å². The van der Waals surface area contributed by atoms with Crippen LogP contribution in [-0.2, 0) is 0 Å². The molecule has 1 aliphatic carbocycles. The molecule has 2 rings (SSSR count). The van der Waals surface area contributed by atoms with Gasteiger partial charge in [0.15, 0.2) is 0 Å². The van der Waals surface area contributed by atoms with Gasteiger partial charge in [-0.15, -0.1) is 0 Å². The average Bonchev–Trinajstić information content (AvgIpc) is 2.52. The van der Waals surface area contributed by atoms with Gasteiger partial charge in [-0.05, 0) is 44.9 Å². The smallest absolute Gasteiger partial charge is 0.122 e. The fraction of sp³-hybridized carbons (Fsp3) is 0.684. The lowest BCUT2D eigenvalue weighted by Crippen LogP contribution is -2.43. The van der Waals surface area contributed by atoms with E-state index in [1.807, 2.05) is 6.07 Å². The molecule has 0 amide bonds. The third-order valence-electron chi connectivity index (χ3n) is 4.70. The second kappa shape index (κ2) is 8.54. The number of aliphatic hydroxyl groups excluding tert-OH is 1. The first kappa shape index (κ1) is 17.3. The molecule has 1 aliphatic rings. The highest BCUT2D eigenvalue weighted by Crippen LogP contribution is 2.23. The van der Waals surface area contributed by atoms with Gasteiger partial charge in [0.05, 0.1) is 0 Å². The van der Waals surface area contributed by atoms with Crippen molar-refractivity contribution in [3.05, 3.63) is 29.3 Å². The maximum atomic E-state index is 10.3. The molecule has 1 aromatic carbocycles. The first-order chi connectivity index (χ1) is 10.6. The molecular weight excluding hydrogens is 274 g/mol. The molecule has 0 aromatic heterocycles. The molecule has 1 N–H and O–H groups in total. The van der Waals surface area contributed by atoms with Crippen molar-refractivity contribution in [2.75, 3.05) is 19.7 Å². The molecule has 0 aliphatic heterocycles. The van der Waals surface area contributed by atoms with E-state index in [0.717, 1.165) is 17.9 Å². The molecular formula is C19H31NO2. The minimum Gasteiger partial charge on any atom is -0.491 e. The predicted octanol–water partition coefficient (Wildman–Crippen LogP) is 3.70. The summed E-state index contributed by atoms with van der Waals surface area (Å²) in [5, 5.41) is 10.3. The van der Waals surface area contributed by atoms with Crippen molar-refractivity contribution in [3.8, 4) is 5.75 Å². The molecule has 1 saturated carbocycles. The highest BCUT2D eigenvalue weighted by atomic mass is 16.5. The zero-order valence-electron chi connectivity index (χ0n) is 14.3. The van der Waals surface area contributed by atoms with Crippen molar-refractivity contribution < 1.29 is 9.84 Å². The van der Waals surface area contributed by atoms with E-state index < -0.39 is 6.10 Å². The minimum atomic E-state index is -0.428. The number of likely N-dealkylation sites (N-methyl/N-ethyl adjacent to an activating group) is 1. The molecule has 1 aromatic rings. The number of hydrogen-bond acceptors (Lipinski definition) is 3. The molecule has 0 spiro atoms. The van der Waals surface area contributed by atoms with Crippen molar-refractivity contribution in [1.82, 2.24) is 4.90 Å². The molecule has 1 atom stereocenters. The summed E-state index contributed by atoms with van der Waals surface area (Å²) in [6.45, 7) is 8.40. The lowest BCUT2D eigenvalue weighted by atomic mass is 9.94. The number of aliphatic hydroxyl groups is 1. The quantitative estimate of drug-likeness (QED) is 0.834. The van der Waals surface area contributed by atoms with Gasteiger partial charge in [-0.25, -0.2) is 0 Å². The molecule has 1 fully saturated rings. The summed E-state index contributed by atoms with van der Waals surface area (Å²) in [4.78, 5) is 2.43. The highest BCUT2D eigenvalue weighted by molar-refractivity contribution is 5.35. The third-order valence-corrected chi connectivity index (χ3v) is 4.70. The number of nitrogens with zero attached hydrogens (tertiary/aromatic N) is 1. The Hall–Kier alpha value is -1.06. The lowest BCUT2D eigenvalue weighted by molar-refractivity contribution is 0.0462. The van der Waals surface area contributed by atoms with Crippen LogP contribution in [0.1, 0.15) is 50.2 Å². The van der Waals surface area contributed by atoms with E-state index in [1.165, 1.54) is 37.7 Å². The van der Waals surface area contributed by atoms with Crippen LogP contribution in [0.5, 0.6) is 5.75 Å². The number of rotatable bonds is 7. The molecule has 0 bridgehead atoms. The zero-order valence-corrected chi connectivity index (χ0v) is 14.3. The monoisotopic (exact) mass is 305 g/mol. The largest absolute Gasteiger partial charge is 0.491 e. The van der Waals surface area contributed by atoms with Crippen LogP contribution in [0, 0.1) is 13.8 Å². The van der Waals surface area contributed by atoms with Gasteiger partial charge in [0, 0.05) is 12.6 Å². The molecule has 22 heavy (non-hydrogen) atoms. The zero-order chi connectivity index (χ0) is 15.9. The Kier molecular flexibility index (Phi) is 6.71. The van der Waals surface area contributed by atoms with Crippen molar-refractivity contribution in [1.29, 1.82) is 0 Å². The number of aryl methyl sites for hydroxylation is 2. The summed E-state index contributed by atoms with van der Waals surface area (Å²) < 4.78 is 5.81. The average molecular weight is 305 g/mol. The molecule has 0 unspecified atom stereocenters. The SMILES string of the molecule is CCN(C[C@H](O)COc1ccc(C)cc1C)C1CCCCC1. The van der Waals surface area contributed by atoms with Crippen molar-refractivity contribution in [2.24, 2.45) is 0 Å². The molecule has 0 radical (unpaired) electrons. The van der Waals surface area contributed by atoms with Crippen LogP contribution >= 0.6 is 0 Å². The summed E-state index contributed by atoms with van der Waals surface area (Å²) in [6.07, 6.45) is 6.15. The maximum absolute atomic E-state index is 10.3. The predicted molar refractivity (Wildman–Crippen MR) is 91.5 cm³/mol. The summed E-state index contributed by atoms with van der Waals surface area (Å²) in [5.74, 6) is 0.880. The molecule has 3 heteroatoms. The summed E-state index contributed by atoms with van der Waals surface area (Å²) in [6, 6.07) is 6.81. The van der Waals surface area contributed by atoms with Gasteiger partial charge in [-0.3, -0.25) is 4.90 Å². The van der Waals surface area contributed by atoms with Gasteiger partial charge in [-0.1, -0.05) is 43.9 Å². The van der Waals surface area contributed by atoms with Crippen LogP contribution in [-0.4, -0.2) is 41.8 Å². The highest BCUT2D eigenvalue weighted by Gasteiger charge is 2.22. The van der Waals surface area contributed by atoms with Crippen LogP contribution in [0.25, 0.3) is 0 Å². The van der Waals surface area contributed by atoms with Gasteiger partial charge in [0.1, 0.15) is 18.5 Å². The van der Waals surface area contributed by atoms with Crippen LogP contribution < -0.4 is 4.74 Å². The van der Waals surface area contributed by atoms with E-state index in [9.17, 15) is 5.11 Å². The number of hydrogen-bond donors (Lipinski definition) is 1. The summed E-state index contributed by atoms with van der Waals surface area (Å²) in [7, 11) is 0. The Balaban J connectivity index is 1.81. The Morgan fingerprint density at radius 3 is 2.59 bits per heavy atom. The molecule has 0 saturated heterocycles. The summed E-state index contributed by atoms with van der Waals surface area (Å²) in [5.41, 5.74) is 2.37. The topological polar surface area (TPSA) is 32.7 Å². The van der Waals surface area contributed by atoms with E-state index in [-0.39, 0.29) is 0 Å². The first-order valence-electron chi connectivity index (χ1n) is 8.72. The summed E-state index contributed by atoms with van der Waals surface area (Å²) >= 11 is 0. The lowest BCUT2D eigenvalue weighted by Gasteiger charge is -2.34. The second-order valence-electron chi connectivity index (χ2n) is 6.61. The van der Waals surface area contributed by atoms with Crippen molar-refractivity contribution in [3.63, 3.8) is 0 Å². The molecule has 0 heterocycles. The maximum Gasteiger partial charge on any atom is 0.122 e. The van der Waals surface area contributed by atoms with Crippen LogP contribution in [0.3, 0.4) is 0 Å². The van der Waals surface area contributed by atoms with Gasteiger partial charge < -0.3 is 9.84 Å². The van der Waals surface area contributed by atoms with E-state index in [4.69, 9.17) is 4.74 Å². The Bertz CT molecular complexity index is 455. The van der Waals surface area contributed by atoms with Gasteiger partial charge in [0.25, 0.3) is 0 Å². The number of benzene rings is 1. The fourth-order valence-electron chi connectivity index (χ4n) is 3.45. The van der Waals surface area contributed by atoms with Gasteiger partial charge in [0.2, 0.25) is 0 Å². The van der Waals surface area contributed by atoms with Gasteiger partial charge in [-0.2, -0.15) is 0 Å². The van der Waals surface area contributed by atoms with E-state index in [1.54, 1.807) is 0 Å². The Morgan fingerprint density at radius 1 is 1.23 bits per heavy atom. The first-order valence-corrected chi connectivity index (χ1v) is 8.72. The van der Waals surface area contributed by atoms with Crippen LogP contribution in [0.4, 0.5) is 0 Å². The van der Waals surface area contributed by atoms with Crippen LogP contribution in [0.2, 0.25) is 0 Å². The Morgan fingerprint density at radius 2 is 1.95 bits per heavy atom. The van der Waals surface area contributed by atoms with Crippen molar-refractivity contribution >= 4 is 0 Å². The molecule has 124 valence electrons. The fourth-order valence-corrected chi connectivity index (χ4v) is 3.45. The van der Waals surface area contributed by atoms with Crippen molar-refractivity contribution in [2.45, 2.75) is 65.0 Å². The molecule has 3 nitrogen and oxygen atoms in total. The third kappa shape index (κ3) is 4.99. The second-order valence-corrected chi connectivity index (χ2v) is 6.61. The van der Waals surface area contributed by atoms with Gasteiger partial charge >= 0.3 is 0 Å². The Labute approximate surface area is 135 Å². The number of ether oxygens (including phenoxy) is 1. The standard InChI is InChI=1S/C19H31NO2/c1-4-20(17-8-6-5-7-9-17)13-18(21)14-22-19-11-10-15(2)12-16(19)3/h10-12,17-18,21H,4-9,13-14H2,1-3H3/t18-/m0/s1. The van der Waals surface area contributed by atoms with Crippen LogP contribution in [0.15, 0.2) is 18.2 Å². The minimum absolute atomic E-state index is 0.368.